The summed E-state index contributed by atoms with van der Waals surface area (Å²) in [6.45, 7) is 5.99. The molecule has 0 aromatic carbocycles. The quantitative estimate of drug-likeness (QED) is 0.139. The van der Waals surface area contributed by atoms with Gasteiger partial charge in [0.15, 0.2) is 0 Å². The van der Waals surface area contributed by atoms with Gasteiger partial charge >= 0.3 is 0 Å². The summed E-state index contributed by atoms with van der Waals surface area (Å²) in [5, 5.41) is 8.63. The minimum Gasteiger partial charge on any atom is -0.379 e. The summed E-state index contributed by atoms with van der Waals surface area (Å²) in [4.78, 5) is 27.6. The monoisotopic (exact) mass is 420 g/mol. The van der Waals surface area contributed by atoms with E-state index in [9.17, 15) is 9.59 Å². The third kappa shape index (κ3) is 22.8. The number of hydrogen-bond acceptors (Lipinski definition) is 8. The zero-order valence-corrected chi connectivity index (χ0v) is 17.8. The number of hydrogen-bond donors (Lipinski definition) is 4. The molecule has 2 amide bonds. The van der Waals surface area contributed by atoms with Crippen molar-refractivity contribution >= 4 is 11.8 Å². The number of carbonyl (C=O) groups is 2. The molecule has 0 unspecified atom stereocenters. The average molecular weight is 421 g/mol. The van der Waals surface area contributed by atoms with Crippen molar-refractivity contribution in [1.82, 2.24) is 16.0 Å². The lowest BCUT2D eigenvalue weighted by Gasteiger charge is -2.08. The fraction of sp³-hybridized carbons (Fsp3) is 0.895. The Morgan fingerprint density at radius 1 is 0.655 bits per heavy atom. The first kappa shape index (κ1) is 27.7. The number of carbonyl (C=O) groups excluding carboxylic acids is 2. The standard InChI is InChI=1S/C19H40N4O6/c1-21-8-3-11-26-14-16-28-17-15-27-12-4-9-22-18(24)6-2-7-19(25)23-10-5-13-29-20/h21H,2-17,20H2,1H3,(H,22,24)(H,23,25). The Morgan fingerprint density at radius 2 is 1.10 bits per heavy atom. The second-order valence-electron chi connectivity index (χ2n) is 6.43. The number of rotatable bonds is 22. The molecule has 0 bridgehead atoms. The van der Waals surface area contributed by atoms with Gasteiger partial charge in [0.1, 0.15) is 0 Å². The second kappa shape index (κ2) is 23.0. The molecule has 0 saturated carbocycles. The van der Waals surface area contributed by atoms with Gasteiger partial charge in [0.05, 0.1) is 33.0 Å². The molecule has 0 aromatic rings. The predicted octanol–water partition coefficient (Wildman–Crippen LogP) is -0.281. The van der Waals surface area contributed by atoms with Gasteiger partial charge in [-0.05, 0) is 39.3 Å². The van der Waals surface area contributed by atoms with Crippen LogP contribution < -0.4 is 21.8 Å². The van der Waals surface area contributed by atoms with Crippen molar-refractivity contribution in [2.75, 3.05) is 72.9 Å². The molecular weight excluding hydrogens is 380 g/mol. The molecule has 0 fully saturated rings. The molecule has 0 aromatic heterocycles. The van der Waals surface area contributed by atoms with Gasteiger partial charge in [-0.25, -0.2) is 5.90 Å². The van der Waals surface area contributed by atoms with E-state index in [-0.39, 0.29) is 11.8 Å². The van der Waals surface area contributed by atoms with Crippen LogP contribution >= 0.6 is 0 Å². The Bertz CT molecular complexity index is 388. The fourth-order valence-corrected chi connectivity index (χ4v) is 2.26. The zero-order valence-electron chi connectivity index (χ0n) is 17.8. The van der Waals surface area contributed by atoms with Gasteiger partial charge < -0.3 is 35.0 Å². The van der Waals surface area contributed by atoms with Gasteiger partial charge in [0.2, 0.25) is 11.8 Å². The zero-order chi connectivity index (χ0) is 21.4. The van der Waals surface area contributed by atoms with Crippen molar-refractivity contribution in [3.8, 4) is 0 Å². The summed E-state index contributed by atoms with van der Waals surface area (Å²) >= 11 is 0. The van der Waals surface area contributed by atoms with Gasteiger partial charge in [0.25, 0.3) is 0 Å². The van der Waals surface area contributed by atoms with Crippen LogP contribution in [0.1, 0.15) is 38.5 Å². The van der Waals surface area contributed by atoms with E-state index in [4.69, 9.17) is 20.1 Å². The first-order chi connectivity index (χ1) is 14.2. The summed E-state index contributed by atoms with van der Waals surface area (Å²) in [6, 6.07) is 0. The lowest BCUT2D eigenvalue weighted by Crippen LogP contribution is -2.27. The van der Waals surface area contributed by atoms with Gasteiger partial charge in [0, 0.05) is 39.1 Å². The average Bonchev–Trinajstić information content (AvgIpc) is 2.71. The van der Waals surface area contributed by atoms with E-state index in [0.29, 0.717) is 78.4 Å². The van der Waals surface area contributed by atoms with Gasteiger partial charge in [-0.15, -0.1) is 0 Å². The van der Waals surface area contributed by atoms with Crippen LogP contribution in [-0.4, -0.2) is 84.7 Å². The van der Waals surface area contributed by atoms with Crippen molar-refractivity contribution in [2.24, 2.45) is 5.90 Å². The number of amides is 2. The number of ether oxygens (including phenoxy) is 3. The Labute approximate surface area is 174 Å². The normalized spacial score (nSPS) is 10.8. The van der Waals surface area contributed by atoms with Crippen LogP contribution in [0.4, 0.5) is 0 Å². The Morgan fingerprint density at radius 3 is 1.59 bits per heavy atom. The molecule has 0 aliphatic carbocycles. The largest absolute Gasteiger partial charge is 0.379 e. The van der Waals surface area contributed by atoms with Gasteiger partial charge in [-0.1, -0.05) is 0 Å². The van der Waals surface area contributed by atoms with Crippen molar-refractivity contribution in [2.45, 2.75) is 38.5 Å². The molecule has 0 aliphatic rings. The van der Waals surface area contributed by atoms with Gasteiger partial charge in [-0.3, -0.25) is 9.59 Å². The van der Waals surface area contributed by atoms with Crippen LogP contribution in [0.25, 0.3) is 0 Å². The highest BCUT2D eigenvalue weighted by Crippen LogP contribution is 1.96. The Kier molecular flexibility index (Phi) is 22.0. The predicted molar refractivity (Wildman–Crippen MR) is 110 cm³/mol. The number of nitrogens with two attached hydrogens (primary N) is 1. The minimum atomic E-state index is -0.0641. The van der Waals surface area contributed by atoms with E-state index in [2.05, 4.69) is 20.8 Å². The maximum Gasteiger partial charge on any atom is 0.220 e. The van der Waals surface area contributed by atoms with E-state index in [1.165, 1.54) is 0 Å². The van der Waals surface area contributed by atoms with Crippen LogP contribution in [0.5, 0.6) is 0 Å². The molecule has 0 aliphatic heterocycles. The molecular formula is C19H40N4O6. The van der Waals surface area contributed by atoms with Gasteiger partial charge in [-0.2, -0.15) is 0 Å². The summed E-state index contributed by atoms with van der Waals surface area (Å²) in [6.07, 6.45) is 3.61. The first-order valence-corrected chi connectivity index (χ1v) is 10.4. The van der Waals surface area contributed by atoms with Crippen LogP contribution in [0, 0.1) is 0 Å². The maximum atomic E-state index is 11.7. The molecule has 29 heavy (non-hydrogen) atoms. The Hall–Kier alpha value is -1.30. The first-order valence-electron chi connectivity index (χ1n) is 10.4. The summed E-state index contributed by atoms with van der Waals surface area (Å²) in [5.41, 5.74) is 0. The second-order valence-corrected chi connectivity index (χ2v) is 6.43. The summed E-state index contributed by atoms with van der Waals surface area (Å²) < 4.78 is 16.3. The lowest BCUT2D eigenvalue weighted by atomic mass is 10.2. The molecule has 0 radical (unpaired) electrons. The molecule has 0 heterocycles. The molecule has 5 N–H and O–H groups in total. The molecule has 172 valence electrons. The SMILES string of the molecule is CNCCCOCCOCCOCCCNC(=O)CCCC(=O)NCCCON. The van der Waals surface area contributed by atoms with Crippen molar-refractivity contribution < 1.29 is 28.6 Å². The van der Waals surface area contributed by atoms with Crippen molar-refractivity contribution in [1.29, 1.82) is 0 Å². The van der Waals surface area contributed by atoms with E-state index in [0.717, 1.165) is 26.0 Å². The molecule has 0 rings (SSSR count). The van der Waals surface area contributed by atoms with E-state index in [1.54, 1.807) is 0 Å². The van der Waals surface area contributed by atoms with Crippen LogP contribution in [0.3, 0.4) is 0 Å². The summed E-state index contributed by atoms with van der Waals surface area (Å²) in [7, 11) is 1.92. The van der Waals surface area contributed by atoms with Crippen LogP contribution in [0.15, 0.2) is 0 Å². The van der Waals surface area contributed by atoms with E-state index in [1.807, 2.05) is 7.05 Å². The Balaban J connectivity index is 3.24. The third-order valence-electron chi connectivity index (χ3n) is 3.82. The molecule has 0 atom stereocenters. The smallest absolute Gasteiger partial charge is 0.220 e. The topological polar surface area (TPSA) is 133 Å². The van der Waals surface area contributed by atoms with E-state index < -0.39 is 0 Å². The lowest BCUT2D eigenvalue weighted by molar-refractivity contribution is -0.122. The highest BCUT2D eigenvalue weighted by Gasteiger charge is 2.04. The number of nitrogens with one attached hydrogen (secondary N) is 3. The molecule has 10 heteroatoms. The molecule has 0 saturated heterocycles. The highest BCUT2D eigenvalue weighted by molar-refractivity contribution is 5.78. The molecule has 0 spiro atoms. The third-order valence-corrected chi connectivity index (χ3v) is 3.82. The van der Waals surface area contributed by atoms with Crippen LogP contribution in [0.2, 0.25) is 0 Å². The minimum absolute atomic E-state index is 0.0487. The van der Waals surface area contributed by atoms with Crippen molar-refractivity contribution in [3.63, 3.8) is 0 Å². The maximum absolute atomic E-state index is 11.7. The summed E-state index contributed by atoms with van der Waals surface area (Å²) in [5.74, 6) is 4.78. The van der Waals surface area contributed by atoms with Crippen molar-refractivity contribution in [3.05, 3.63) is 0 Å². The van der Waals surface area contributed by atoms with Crippen LogP contribution in [-0.2, 0) is 28.6 Å². The van der Waals surface area contributed by atoms with E-state index >= 15 is 0 Å². The molecule has 10 nitrogen and oxygen atoms in total. The fourth-order valence-electron chi connectivity index (χ4n) is 2.26. The highest BCUT2D eigenvalue weighted by atomic mass is 16.6.